The lowest BCUT2D eigenvalue weighted by Crippen LogP contribution is -2.45. The van der Waals surface area contributed by atoms with Gasteiger partial charge in [-0.3, -0.25) is 13.9 Å². The van der Waals surface area contributed by atoms with Gasteiger partial charge in [0, 0.05) is 6.04 Å². The quantitative estimate of drug-likeness (QED) is 0.163. The van der Waals surface area contributed by atoms with Gasteiger partial charge in [-0.05, 0) is 38.8 Å². The molecule has 2 aliphatic rings. The number of hydrogen-bond donors (Lipinski definition) is 4. The highest BCUT2D eigenvalue weighted by Crippen LogP contribution is 2.48. The van der Waals surface area contributed by atoms with Gasteiger partial charge in [0.1, 0.15) is 30.7 Å². The van der Waals surface area contributed by atoms with Crippen LogP contribution < -0.4 is 20.7 Å². The van der Waals surface area contributed by atoms with Gasteiger partial charge in [0.15, 0.2) is 23.2 Å². The molecule has 14 nitrogen and oxygen atoms in total. The number of carbonyl (C=O) groups is 1. The molecule has 42 heavy (non-hydrogen) atoms. The molecule has 1 saturated carbocycles. The van der Waals surface area contributed by atoms with Gasteiger partial charge in [-0.2, -0.15) is 15.1 Å². The van der Waals surface area contributed by atoms with Crippen LogP contribution in [0.4, 0.5) is 20.5 Å². The molecule has 17 heteroatoms. The minimum absolute atomic E-state index is 0.0582. The van der Waals surface area contributed by atoms with Crippen molar-refractivity contribution in [2.45, 2.75) is 62.9 Å². The Kier molecular flexibility index (Phi) is 8.62. The maximum atomic E-state index is 16.1. The van der Waals surface area contributed by atoms with Crippen LogP contribution in [0.15, 0.2) is 36.7 Å². The number of anilines is 2. The molecule has 2 fully saturated rings. The predicted octanol–water partition coefficient (Wildman–Crippen LogP) is 2.66. The number of aromatic nitrogens is 4. The zero-order valence-electron chi connectivity index (χ0n) is 22.9. The monoisotopic (exact) mass is 611 g/mol. The summed E-state index contributed by atoms with van der Waals surface area (Å²) in [4.78, 5) is 24.8. The number of esters is 1. The molecule has 1 aromatic carbocycles. The van der Waals surface area contributed by atoms with Gasteiger partial charge < -0.3 is 30.2 Å². The van der Waals surface area contributed by atoms with Crippen molar-refractivity contribution in [1.29, 1.82) is 0 Å². The van der Waals surface area contributed by atoms with Crippen molar-refractivity contribution in [3.8, 4) is 5.75 Å². The van der Waals surface area contributed by atoms with Crippen LogP contribution in [-0.2, 0) is 23.4 Å². The second-order valence-corrected chi connectivity index (χ2v) is 11.7. The van der Waals surface area contributed by atoms with Gasteiger partial charge in [0.2, 0.25) is 11.6 Å². The highest BCUT2D eigenvalue weighted by Gasteiger charge is 2.59. The number of nitrogens with one attached hydrogen (secondary N) is 2. The number of nitrogens with two attached hydrogens (primary N) is 1. The standard InChI is InChI=1S/C25H32F2N7O7P/c1-3-38-22(36)14(2)33-42(37,41-16-7-5-4-6-8-16)39-11-17-19(35)25(27,12-26)23(40-17)34-13-29-18-20(30-15-9-10-15)31-24(28)32-21(18)34/h4-8,13-15,17,19,23,35H,3,9-12H2,1-2H3,(H,33,37)(H3,28,30,31,32)/t14-,17+,19+,23+,25+,42-/m0/s1. The van der Waals surface area contributed by atoms with Gasteiger partial charge in [0.05, 0.1) is 19.5 Å². The molecule has 228 valence electrons. The molecule has 3 heterocycles. The predicted molar refractivity (Wildman–Crippen MR) is 146 cm³/mol. The summed E-state index contributed by atoms with van der Waals surface area (Å²) in [5, 5.41) is 16.5. The number of aliphatic hydroxyl groups is 1. The number of fused-ring (bicyclic) bond motifs is 1. The van der Waals surface area contributed by atoms with Gasteiger partial charge in [-0.15, -0.1) is 0 Å². The molecular formula is C25H32F2N7O7P. The number of ether oxygens (including phenoxy) is 2. The smallest absolute Gasteiger partial charge is 0.459 e. The Morgan fingerprint density at radius 2 is 2.07 bits per heavy atom. The number of para-hydroxylation sites is 1. The van der Waals surface area contributed by atoms with E-state index in [4.69, 9.17) is 24.3 Å². The maximum Gasteiger partial charge on any atom is 0.459 e. The molecule has 5 rings (SSSR count). The lowest BCUT2D eigenvalue weighted by atomic mass is 9.97. The third-order valence-corrected chi connectivity index (χ3v) is 8.39. The molecule has 0 radical (unpaired) electrons. The summed E-state index contributed by atoms with van der Waals surface area (Å²) in [5.41, 5.74) is 3.22. The van der Waals surface area contributed by atoms with Crippen molar-refractivity contribution >= 4 is 36.6 Å². The minimum Gasteiger partial charge on any atom is -0.465 e. The molecule has 2 aromatic heterocycles. The molecule has 6 atom stereocenters. The van der Waals surface area contributed by atoms with E-state index in [2.05, 4.69) is 25.4 Å². The highest BCUT2D eigenvalue weighted by atomic mass is 31.2. The minimum atomic E-state index is -4.37. The molecule has 0 spiro atoms. The first-order valence-electron chi connectivity index (χ1n) is 13.4. The Labute approximate surface area is 239 Å². The number of nitrogens with zero attached hydrogens (tertiary/aromatic N) is 4. The lowest BCUT2D eigenvalue weighted by Gasteiger charge is -2.26. The summed E-state index contributed by atoms with van der Waals surface area (Å²) in [6.45, 7) is 0.726. The largest absolute Gasteiger partial charge is 0.465 e. The second kappa shape index (κ2) is 12.1. The first-order valence-corrected chi connectivity index (χ1v) is 14.9. The number of halogens is 2. The Morgan fingerprint density at radius 3 is 2.74 bits per heavy atom. The molecule has 0 unspecified atom stereocenters. The van der Waals surface area contributed by atoms with E-state index < -0.39 is 57.1 Å². The fraction of sp³-hybridized carbons (Fsp3) is 0.520. The number of aliphatic hydroxyl groups excluding tert-OH is 1. The third-order valence-electron chi connectivity index (χ3n) is 6.74. The molecule has 1 saturated heterocycles. The summed E-state index contributed by atoms with van der Waals surface area (Å²) >= 11 is 0. The summed E-state index contributed by atoms with van der Waals surface area (Å²) in [5.74, 6) is -0.380. The van der Waals surface area contributed by atoms with Crippen LogP contribution in [0.2, 0.25) is 0 Å². The Bertz CT molecular complexity index is 1460. The first-order chi connectivity index (χ1) is 20.1. The second-order valence-electron chi connectivity index (χ2n) is 10.0. The first kappa shape index (κ1) is 30.0. The van der Waals surface area contributed by atoms with Crippen LogP contribution in [0.3, 0.4) is 0 Å². The van der Waals surface area contributed by atoms with E-state index in [0.29, 0.717) is 5.82 Å². The molecule has 0 bridgehead atoms. The van der Waals surface area contributed by atoms with Gasteiger partial charge in [-0.25, -0.2) is 18.3 Å². The molecule has 5 N–H and O–H groups in total. The number of rotatable bonds is 13. The Hall–Kier alpha value is -3.43. The van der Waals surface area contributed by atoms with E-state index in [1.54, 1.807) is 25.1 Å². The summed E-state index contributed by atoms with van der Waals surface area (Å²) in [6.07, 6.45) is -2.28. The van der Waals surface area contributed by atoms with Crippen molar-refractivity contribution in [2.75, 3.05) is 30.9 Å². The molecule has 0 amide bonds. The normalized spacial score (nSPS) is 26.1. The number of alkyl halides is 2. The van der Waals surface area contributed by atoms with Crippen molar-refractivity contribution in [2.24, 2.45) is 0 Å². The average molecular weight is 612 g/mol. The van der Waals surface area contributed by atoms with Crippen molar-refractivity contribution in [3.05, 3.63) is 36.7 Å². The van der Waals surface area contributed by atoms with Crippen molar-refractivity contribution in [1.82, 2.24) is 24.6 Å². The van der Waals surface area contributed by atoms with E-state index in [1.807, 2.05) is 0 Å². The van der Waals surface area contributed by atoms with E-state index >= 15 is 4.39 Å². The van der Waals surface area contributed by atoms with Crippen LogP contribution >= 0.6 is 7.75 Å². The molecule has 1 aliphatic carbocycles. The average Bonchev–Trinajstić information content (AvgIpc) is 3.62. The van der Waals surface area contributed by atoms with Crippen LogP contribution in [-0.4, -0.2) is 80.4 Å². The van der Waals surface area contributed by atoms with Gasteiger partial charge in [-0.1, -0.05) is 18.2 Å². The van der Waals surface area contributed by atoms with Crippen molar-refractivity contribution in [3.63, 3.8) is 0 Å². The maximum absolute atomic E-state index is 16.1. The molecule has 3 aromatic rings. The number of carbonyl (C=O) groups excluding carboxylic acids is 1. The zero-order chi connectivity index (χ0) is 30.1. The fourth-order valence-corrected chi connectivity index (χ4v) is 5.95. The number of nitrogen functional groups attached to an aromatic ring is 1. The van der Waals surface area contributed by atoms with E-state index in [-0.39, 0.29) is 35.5 Å². The van der Waals surface area contributed by atoms with Crippen LogP contribution in [0, 0.1) is 0 Å². The zero-order valence-corrected chi connectivity index (χ0v) is 23.7. The highest BCUT2D eigenvalue weighted by molar-refractivity contribution is 7.52. The molecular weight excluding hydrogens is 579 g/mol. The van der Waals surface area contributed by atoms with E-state index in [0.717, 1.165) is 17.4 Å². The van der Waals surface area contributed by atoms with Crippen LogP contribution in [0.25, 0.3) is 11.2 Å². The summed E-state index contributed by atoms with van der Waals surface area (Å²) in [7, 11) is -4.37. The lowest BCUT2D eigenvalue weighted by molar-refractivity contribution is -0.144. The van der Waals surface area contributed by atoms with E-state index in [9.17, 15) is 18.9 Å². The van der Waals surface area contributed by atoms with Gasteiger partial charge in [0.25, 0.3) is 0 Å². The Morgan fingerprint density at radius 1 is 1.33 bits per heavy atom. The number of imidazole rings is 1. The topological polar surface area (TPSA) is 185 Å². The fourth-order valence-electron chi connectivity index (χ4n) is 4.45. The summed E-state index contributed by atoms with van der Waals surface area (Å²) in [6, 6.07) is 7.02. The number of benzene rings is 1. The van der Waals surface area contributed by atoms with Crippen LogP contribution in [0.1, 0.15) is 32.9 Å². The van der Waals surface area contributed by atoms with Crippen LogP contribution in [0.5, 0.6) is 5.75 Å². The third kappa shape index (κ3) is 6.17. The Balaban J connectivity index is 1.39. The van der Waals surface area contributed by atoms with Crippen molar-refractivity contribution < 1.29 is 41.8 Å². The van der Waals surface area contributed by atoms with Gasteiger partial charge >= 0.3 is 13.7 Å². The number of hydrogen-bond acceptors (Lipinski definition) is 12. The summed E-state index contributed by atoms with van der Waals surface area (Å²) < 4.78 is 67.0. The van der Waals surface area contributed by atoms with E-state index in [1.165, 1.54) is 25.4 Å². The SMILES string of the molecule is CCOC(=O)[C@H](C)N[P@](=O)(OC[C@H]1O[C@@H](n2cnc3c(NC4CC4)nc(N)nc32)[C@@](F)(CF)[C@@H]1O)Oc1ccccc1. The molecule has 1 aliphatic heterocycles.